The van der Waals surface area contributed by atoms with E-state index in [4.69, 9.17) is 9.72 Å². The van der Waals surface area contributed by atoms with E-state index in [0.29, 0.717) is 33.5 Å². The molecule has 0 saturated heterocycles. The zero-order chi connectivity index (χ0) is 27.2. The van der Waals surface area contributed by atoms with Gasteiger partial charge in [-0.3, -0.25) is 4.79 Å². The van der Waals surface area contributed by atoms with Crippen molar-refractivity contribution in [2.75, 3.05) is 0 Å². The van der Waals surface area contributed by atoms with Crippen LogP contribution >= 0.6 is 11.3 Å². The van der Waals surface area contributed by atoms with Crippen molar-refractivity contribution < 1.29 is 31.1 Å². The zero-order valence-corrected chi connectivity index (χ0v) is 21.8. The molecule has 5 rings (SSSR count). The molecular formula is C28H20F3NO4S2. The molecule has 0 bridgehead atoms. The molecule has 0 aliphatic heterocycles. The molecule has 0 atom stereocenters. The first-order chi connectivity index (χ1) is 18.0. The quantitative estimate of drug-likeness (QED) is 0.204. The molecule has 0 aliphatic rings. The van der Waals surface area contributed by atoms with E-state index in [1.165, 1.54) is 12.1 Å². The van der Waals surface area contributed by atoms with Crippen LogP contribution in [-0.2, 0) is 16.4 Å². The summed E-state index contributed by atoms with van der Waals surface area (Å²) in [5.74, 6) is 0.381. The molecule has 3 aromatic carbocycles. The number of carbonyl (C=O) groups excluding carboxylic acids is 1. The summed E-state index contributed by atoms with van der Waals surface area (Å²) in [6.45, 7) is 3.85. The Balaban J connectivity index is 1.51. The smallest absolute Gasteiger partial charge is 0.488 e. The maximum Gasteiger partial charge on any atom is 0.501 e. The molecule has 0 amide bonds. The number of benzene rings is 3. The van der Waals surface area contributed by atoms with Crippen LogP contribution in [0.5, 0.6) is 5.75 Å². The molecule has 2 aromatic heterocycles. The summed E-state index contributed by atoms with van der Waals surface area (Å²) in [4.78, 5) is 17.2. The molecule has 0 saturated carbocycles. The van der Waals surface area contributed by atoms with Crippen molar-refractivity contribution in [3.63, 3.8) is 0 Å². The average Bonchev–Trinajstić information content (AvgIpc) is 3.24. The van der Waals surface area contributed by atoms with Crippen LogP contribution in [0.1, 0.15) is 27.0 Å². The molecule has 0 fully saturated rings. The number of carbonyl (C=O) groups is 1. The Labute approximate surface area is 220 Å². The minimum Gasteiger partial charge on any atom is -0.488 e. The lowest BCUT2D eigenvalue weighted by Crippen LogP contribution is -2.23. The molecule has 0 aliphatic carbocycles. The molecule has 5 nitrogen and oxygen atoms in total. The molecule has 194 valence electrons. The normalized spacial score (nSPS) is 12.2. The Morgan fingerprint density at radius 2 is 1.71 bits per heavy atom. The monoisotopic (exact) mass is 555 g/mol. The summed E-state index contributed by atoms with van der Waals surface area (Å²) in [6.07, 6.45) is 0.749. The maximum atomic E-state index is 12.8. The van der Waals surface area contributed by atoms with Gasteiger partial charge in [0.2, 0.25) is 0 Å². The van der Waals surface area contributed by atoms with Crippen molar-refractivity contribution in [1.29, 1.82) is 0 Å². The largest absolute Gasteiger partial charge is 0.501 e. The van der Waals surface area contributed by atoms with Gasteiger partial charge in [0.05, 0.1) is 26.4 Å². The first-order valence-electron chi connectivity index (χ1n) is 11.4. The van der Waals surface area contributed by atoms with E-state index in [9.17, 15) is 26.4 Å². The molecule has 0 N–H and O–H groups in total. The second kappa shape index (κ2) is 9.52. The molecular weight excluding hydrogens is 535 g/mol. The highest BCUT2D eigenvalue weighted by Gasteiger charge is 2.46. The minimum atomic E-state index is -5.43. The Hall–Kier alpha value is -3.76. The number of alkyl halides is 3. The molecule has 0 radical (unpaired) electrons. The van der Waals surface area contributed by atoms with Gasteiger partial charge in [-0.05, 0) is 66.3 Å². The number of thiophene rings is 1. The Morgan fingerprint density at radius 3 is 2.37 bits per heavy atom. The molecule has 38 heavy (non-hydrogen) atoms. The van der Waals surface area contributed by atoms with Crippen molar-refractivity contribution in [1.82, 2.24) is 4.98 Å². The number of hydrogen-bond donors (Lipinski definition) is 0. The van der Waals surface area contributed by atoms with Crippen LogP contribution in [0.25, 0.3) is 31.6 Å². The number of ether oxygens (including phenoxy) is 1. The lowest BCUT2D eigenvalue weighted by molar-refractivity contribution is -0.0436. The van der Waals surface area contributed by atoms with E-state index < -0.39 is 20.2 Å². The van der Waals surface area contributed by atoms with Gasteiger partial charge in [0.15, 0.2) is 6.29 Å². The molecule has 10 heteroatoms. The fourth-order valence-electron chi connectivity index (χ4n) is 4.28. The summed E-state index contributed by atoms with van der Waals surface area (Å²) in [6, 6.07) is 17.6. The first-order valence-corrected chi connectivity index (χ1v) is 13.7. The summed E-state index contributed by atoms with van der Waals surface area (Å²) >= 11 is 1.60. The number of rotatable bonds is 6. The predicted molar refractivity (Wildman–Crippen MR) is 141 cm³/mol. The highest BCUT2D eigenvalue weighted by Crippen LogP contribution is 2.40. The fourth-order valence-corrected chi connectivity index (χ4v) is 6.21. The van der Waals surface area contributed by atoms with Crippen molar-refractivity contribution >= 4 is 48.4 Å². The van der Waals surface area contributed by atoms with E-state index in [1.54, 1.807) is 23.5 Å². The van der Waals surface area contributed by atoms with Gasteiger partial charge in [-0.15, -0.1) is 11.3 Å². The molecule has 0 unspecified atom stereocenters. The molecule has 5 aromatic rings. The number of halogens is 3. The Morgan fingerprint density at radius 1 is 1.00 bits per heavy atom. The Bertz CT molecular complexity index is 1810. The highest BCUT2D eigenvalue weighted by molar-refractivity contribution is 7.92. The van der Waals surface area contributed by atoms with Crippen molar-refractivity contribution in [2.45, 2.75) is 30.9 Å². The van der Waals surface area contributed by atoms with Gasteiger partial charge in [0.1, 0.15) is 12.4 Å². The number of fused-ring (bicyclic) bond motifs is 2. The van der Waals surface area contributed by atoms with E-state index in [0.717, 1.165) is 44.5 Å². The fraction of sp³-hybridized carbons (Fsp3) is 0.143. The molecule has 0 spiro atoms. The van der Waals surface area contributed by atoms with Crippen LogP contribution in [0.2, 0.25) is 0 Å². The third-order valence-electron chi connectivity index (χ3n) is 6.29. The van der Waals surface area contributed by atoms with Crippen LogP contribution in [0.15, 0.2) is 71.6 Å². The zero-order valence-electron chi connectivity index (χ0n) is 20.2. The number of aldehydes is 1. The van der Waals surface area contributed by atoms with Gasteiger partial charge in [-0.25, -0.2) is 13.4 Å². The van der Waals surface area contributed by atoms with Crippen molar-refractivity contribution in [3.8, 4) is 16.3 Å². The van der Waals surface area contributed by atoms with Crippen LogP contribution < -0.4 is 4.74 Å². The first kappa shape index (κ1) is 25.9. The summed E-state index contributed by atoms with van der Waals surface area (Å²) < 4.78 is 68.7. The SMILES string of the molecule is Cc1c(-c2cc(C=O)c3c(OCc4ccc(S(=O)(=O)C(F)(F)F)cc4)ccc(C)c3n2)sc2ccccc12. The van der Waals surface area contributed by atoms with Crippen LogP contribution in [0.4, 0.5) is 13.2 Å². The summed E-state index contributed by atoms with van der Waals surface area (Å²) in [5, 5.41) is 1.66. The summed E-state index contributed by atoms with van der Waals surface area (Å²) in [7, 11) is -5.43. The Kier molecular flexibility index (Phi) is 6.48. The second-order valence-corrected chi connectivity index (χ2v) is 11.7. The van der Waals surface area contributed by atoms with Gasteiger partial charge in [-0.2, -0.15) is 13.2 Å². The van der Waals surface area contributed by atoms with Gasteiger partial charge >= 0.3 is 5.51 Å². The van der Waals surface area contributed by atoms with Gasteiger partial charge in [0.25, 0.3) is 9.84 Å². The number of aromatic nitrogens is 1. The van der Waals surface area contributed by atoms with E-state index in [-0.39, 0.29) is 6.61 Å². The van der Waals surface area contributed by atoms with E-state index >= 15 is 0 Å². The van der Waals surface area contributed by atoms with Crippen molar-refractivity contribution in [2.24, 2.45) is 0 Å². The average molecular weight is 556 g/mol. The third-order valence-corrected chi connectivity index (χ3v) is 9.09. The van der Waals surface area contributed by atoms with Gasteiger partial charge in [-0.1, -0.05) is 36.4 Å². The van der Waals surface area contributed by atoms with Crippen LogP contribution in [0, 0.1) is 13.8 Å². The van der Waals surface area contributed by atoms with Gasteiger partial charge < -0.3 is 4.74 Å². The standard InChI is InChI=1S/C28H20F3NO4S2/c1-16-7-12-23(36-15-18-8-10-20(11-9-18)38(34,35)28(29,30)31)25-19(14-33)13-22(32-26(16)25)27-17(2)21-5-3-4-6-24(21)37-27/h3-14H,15H2,1-2H3. The van der Waals surface area contributed by atoms with Crippen LogP contribution in [-0.4, -0.2) is 25.2 Å². The maximum absolute atomic E-state index is 12.8. The predicted octanol–water partition coefficient (Wildman–Crippen LogP) is 7.42. The molecule has 2 heterocycles. The number of pyridine rings is 1. The number of aryl methyl sites for hydroxylation is 2. The second-order valence-electron chi connectivity index (χ2n) is 8.75. The number of sulfone groups is 1. The summed E-state index contributed by atoms with van der Waals surface area (Å²) in [5.41, 5.74) is -1.32. The van der Waals surface area contributed by atoms with E-state index in [2.05, 4.69) is 6.07 Å². The minimum absolute atomic E-state index is 0.0556. The highest BCUT2D eigenvalue weighted by atomic mass is 32.2. The van der Waals surface area contributed by atoms with E-state index in [1.807, 2.05) is 38.1 Å². The number of nitrogens with zero attached hydrogens (tertiary/aromatic N) is 1. The lowest BCUT2D eigenvalue weighted by atomic mass is 10.0. The van der Waals surface area contributed by atoms with Crippen LogP contribution in [0.3, 0.4) is 0 Å². The van der Waals surface area contributed by atoms with Crippen molar-refractivity contribution in [3.05, 3.63) is 89.0 Å². The third kappa shape index (κ3) is 4.43. The topological polar surface area (TPSA) is 73.3 Å². The number of hydrogen-bond acceptors (Lipinski definition) is 6. The van der Waals surface area contributed by atoms with Gasteiger partial charge in [0, 0.05) is 10.3 Å². The lowest BCUT2D eigenvalue weighted by Gasteiger charge is -2.14.